The van der Waals surface area contributed by atoms with Crippen molar-refractivity contribution < 1.29 is 0 Å². The van der Waals surface area contributed by atoms with E-state index in [-0.39, 0.29) is 0 Å². The first-order valence-electron chi connectivity index (χ1n) is 5.93. The summed E-state index contributed by atoms with van der Waals surface area (Å²) in [5.74, 6) is 9.39. The Balaban J connectivity index is 1.70. The van der Waals surface area contributed by atoms with Crippen LogP contribution in [0.1, 0.15) is 5.69 Å². The van der Waals surface area contributed by atoms with Crippen molar-refractivity contribution in [3.63, 3.8) is 0 Å². The van der Waals surface area contributed by atoms with Crippen molar-refractivity contribution in [2.45, 2.75) is 17.7 Å². The summed E-state index contributed by atoms with van der Waals surface area (Å²) >= 11 is 5.72. The van der Waals surface area contributed by atoms with Crippen molar-refractivity contribution in [2.75, 3.05) is 17.3 Å². The zero-order valence-electron chi connectivity index (χ0n) is 9.91. The molecule has 7 heteroatoms. The van der Waals surface area contributed by atoms with E-state index in [0.29, 0.717) is 11.3 Å². The predicted molar refractivity (Wildman–Crippen MR) is 81.5 cm³/mol. The summed E-state index contributed by atoms with van der Waals surface area (Å²) in [4.78, 5) is 5.69. The van der Waals surface area contributed by atoms with Crippen molar-refractivity contribution in [3.05, 3.63) is 23.5 Å². The van der Waals surface area contributed by atoms with Gasteiger partial charge in [0.25, 0.3) is 0 Å². The maximum absolute atomic E-state index is 5.72. The van der Waals surface area contributed by atoms with Gasteiger partial charge in [-0.25, -0.2) is 4.98 Å². The predicted octanol–water partition coefficient (Wildman–Crippen LogP) is 1.62. The SMILES string of the molecule is NNC(Cc1cn2ccsc2n1)C1CSCCS1. The van der Waals surface area contributed by atoms with Crippen LogP contribution in [0.25, 0.3) is 4.96 Å². The van der Waals surface area contributed by atoms with E-state index in [0.717, 1.165) is 17.1 Å². The summed E-state index contributed by atoms with van der Waals surface area (Å²) in [7, 11) is 0. The highest BCUT2D eigenvalue weighted by Crippen LogP contribution is 2.27. The molecule has 0 spiro atoms. The van der Waals surface area contributed by atoms with E-state index >= 15 is 0 Å². The van der Waals surface area contributed by atoms with Gasteiger partial charge in [0.15, 0.2) is 4.96 Å². The summed E-state index contributed by atoms with van der Waals surface area (Å²) in [6, 6.07) is 0.312. The fraction of sp³-hybridized carbons (Fsp3) is 0.545. The Morgan fingerprint density at radius 2 is 2.50 bits per heavy atom. The van der Waals surface area contributed by atoms with Crippen LogP contribution in [0.3, 0.4) is 0 Å². The number of rotatable bonds is 4. The highest BCUT2D eigenvalue weighted by Gasteiger charge is 2.24. The Morgan fingerprint density at radius 1 is 1.56 bits per heavy atom. The van der Waals surface area contributed by atoms with E-state index < -0.39 is 0 Å². The van der Waals surface area contributed by atoms with E-state index in [1.807, 2.05) is 29.7 Å². The molecular weight excluding hydrogens is 284 g/mol. The minimum Gasteiger partial charge on any atom is -0.297 e. The summed E-state index contributed by atoms with van der Waals surface area (Å²) in [5.41, 5.74) is 4.10. The quantitative estimate of drug-likeness (QED) is 0.664. The van der Waals surface area contributed by atoms with Gasteiger partial charge in [0, 0.05) is 52.7 Å². The number of thioether (sulfide) groups is 2. The van der Waals surface area contributed by atoms with Gasteiger partial charge in [-0.3, -0.25) is 15.7 Å². The molecule has 0 saturated carbocycles. The first kappa shape index (κ1) is 12.8. The second-order valence-corrected chi connectivity index (χ2v) is 7.66. The van der Waals surface area contributed by atoms with E-state index in [4.69, 9.17) is 5.84 Å². The molecule has 0 amide bonds. The second-order valence-electron chi connectivity index (χ2n) is 4.29. The Hall–Kier alpha value is -0.210. The van der Waals surface area contributed by atoms with Crippen LogP contribution in [0, 0.1) is 0 Å². The monoisotopic (exact) mass is 300 g/mol. The highest BCUT2D eigenvalue weighted by molar-refractivity contribution is 8.06. The molecule has 0 bridgehead atoms. The molecule has 3 rings (SSSR count). The fourth-order valence-electron chi connectivity index (χ4n) is 2.14. The lowest BCUT2D eigenvalue weighted by molar-refractivity contribution is 0.519. The summed E-state index contributed by atoms with van der Waals surface area (Å²) < 4.78 is 2.08. The minimum atomic E-state index is 0.312. The van der Waals surface area contributed by atoms with Crippen molar-refractivity contribution >= 4 is 39.8 Å². The third-order valence-electron chi connectivity index (χ3n) is 3.08. The molecule has 0 radical (unpaired) electrons. The van der Waals surface area contributed by atoms with Gasteiger partial charge >= 0.3 is 0 Å². The topological polar surface area (TPSA) is 55.3 Å². The number of aromatic nitrogens is 2. The Kier molecular flexibility index (Phi) is 4.15. The van der Waals surface area contributed by atoms with Gasteiger partial charge in [-0.1, -0.05) is 0 Å². The third-order valence-corrected chi connectivity index (χ3v) is 6.77. The maximum Gasteiger partial charge on any atom is 0.193 e. The summed E-state index contributed by atoms with van der Waals surface area (Å²) in [6.07, 6.45) is 5.06. The first-order valence-corrected chi connectivity index (χ1v) is 9.01. The van der Waals surface area contributed by atoms with Crippen molar-refractivity contribution in [1.82, 2.24) is 14.8 Å². The molecule has 18 heavy (non-hydrogen) atoms. The van der Waals surface area contributed by atoms with Crippen LogP contribution in [0.5, 0.6) is 0 Å². The number of hydrazine groups is 1. The highest BCUT2D eigenvalue weighted by atomic mass is 32.2. The minimum absolute atomic E-state index is 0.312. The van der Waals surface area contributed by atoms with Crippen LogP contribution in [0.4, 0.5) is 0 Å². The maximum atomic E-state index is 5.72. The smallest absolute Gasteiger partial charge is 0.193 e. The molecule has 2 aromatic rings. The molecule has 0 aromatic carbocycles. The van der Waals surface area contributed by atoms with Gasteiger partial charge in [-0.05, 0) is 0 Å². The third kappa shape index (κ3) is 2.70. The Bertz CT molecular complexity index is 475. The Labute approximate surface area is 119 Å². The van der Waals surface area contributed by atoms with Gasteiger partial charge in [0.1, 0.15) is 0 Å². The summed E-state index contributed by atoms with van der Waals surface area (Å²) in [6.45, 7) is 0. The van der Waals surface area contributed by atoms with E-state index in [2.05, 4.69) is 26.4 Å². The zero-order valence-corrected chi connectivity index (χ0v) is 12.4. The molecule has 0 aliphatic carbocycles. The van der Waals surface area contributed by atoms with Gasteiger partial charge in [-0.2, -0.15) is 23.5 Å². The number of imidazole rings is 1. The number of hydrogen-bond acceptors (Lipinski definition) is 6. The molecule has 3 heterocycles. The molecule has 1 fully saturated rings. The standard InChI is InChI=1S/C11H16N4S3/c12-14-9(10-7-16-3-4-17-10)5-8-6-15-1-2-18-11(15)13-8/h1-2,6,9-10,14H,3-5,7,12H2. The van der Waals surface area contributed by atoms with Crippen molar-refractivity contribution in [2.24, 2.45) is 5.84 Å². The first-order chi connectivity index (χ1) is 8.86. The average molecular weight is 300 g/mol. The normalized spacial score (nSPS) is 22.4. The molecule has 3 N–H and O–H groups in total. The summed E-state index contributed by atoms with van der Waals surface area (Å²) in [5, 5.41) is 2.65. The lowest BCUT2D eigenvalue weighted by Gasteiger charge is -2.28. The average Bonchev–Trinajstić information content (AvgIpc) is 2.97. The van der Waals surface area contributed by atoms with Crippen LogP contribution >= 0.6 is 34.9 Å². The molecule has 2 unspecified atom stereocenters. The van der Waals surface area contributed by atoms with Crippen LogP contribution < -0.4 is 11.3 Å². The van der Waals surface area contributed by atoms with Gasteiger partial charge < -0.3 is 0 Å². The number of hydrogen-bond donors (Lipinski definition) is 2. The number of nitrogens with two attached hydrogens (primary N) is 1. The van der Waals surface area contributed by atoms with Crippen LogP contribution in [0.2, 0.25) is 0 Å². The molecular formula is C11H16N4S3. The molecule has 4 nitrogen and oxygen atoms in total. The van der Waals surface area contributed by atoms with Gasteiger partial charge in [-0.15, -0.1) is 11.3 Å². The van der Waals surface area contributed by atoms with Crippen LogP contribution in [0.15, 0.2) is 17.8 Å². The second kappa shape index (κ2) is 5.83. The largest absolute Gasteiger partial charge is 0.297 e. The number of fused-ring (bicyclic) bond motifs is 1. The van der Waals surface area contributed by atoms with E-state index in [9.17, 15) is 0 Å². The molecule has 1 saturated heterocycles. The van der Waals surface area contributed by atoms with E-state index in [1.165, 1.54) is 17.3 Å². The number of thiazole rings is 1. The van der Waals surface area contributed by atoms with E-state index in [1.54, 1.807) is 11.3 Å². The zero-order chi connectivity index (χ0) is 12.4. The fourth-order valence-corrected chi connectivity index (χ4v) is 5.73. The van der Waals surface area contributed by atoms with Gasteiger partial charge in [0.05, 0.1) is 5.69 Å². The van der Waals surface area contributed by atoms with Gasteiger partial charge in [0.2, 0.25) is 0 Å². The number of nitrogens with zero attached hydrogens (tertiary/aromatic N) is 2. The molecule has 1 aliphatic heterocycles. The molecule has 1 aliphatic rings. The molecule has 2 aromatic heterocycles. The van der Waals surface area contributed by atoms with Crippen molar-refractivity contribution in [1.29, 1.82) is 0 Å². The van der Waals surface area contributed by atoms with Crippen LogP contribution in [-0.4, -0.2) is 37.9 Å². The molecule has 98 valence electrons. The number of nitrogens with one attached hydrogen (secondary N) is 1. The lowest BCUT2D eigenvalue weighted by atomic mass is 10.1. The Morgan fingerprint density at radius 3 is 3.22 bits per heavy atom. The lowest BCUT2D eigenvalue weighted by Crippen LogP contribution is -2.46. The van der Waals surface area contributed by atoms with Crippen molar-refractivity contribution in [3.8, 4) is 0 Å². The van der Waals surface area contributed by atoms with Crippen LogP contribution in [-0.2, 0) is 6.42 Å². The molecule has 2 atom stereocenters.